The van der Waals surface area contributed by atoms with E-state index < -0.39 is 0 Å². The van der Waals surface area contributed by atoms with Gasteiger partial charge in [-0.1, -0.05) is 30.3 Å². The molecule has 0 aliphatic heterocycles. The number of nitrogens with zero attached hydrogens (tertiary/aromatic N) is 1. The molecule has 3 rings (SSSR count). The predicted octanol–water partition coefficient (Wildman–Crippen LogP) is 2.51. The van der Waals surface area contributed by atoms with Gasteiger partial charge in [0.25, 0.3) is 0 Å². The lowest BCUT2D eigenvalue weighted by molar-refractivity contribution is 0.104. The highest BCUT2D eigenvalue weighted by Gasteiger charge is 2.31. The Morgan fingerprint density at radius 2 is 1.90 bits per heavy atom. The van der Waals surface area contributed by atoms with E-state index in [4.69, 9.17) is 5.26 Å². The van der Waals surface area contributed by atoms with Crippen molar-refractivity contribution >= 4 is 19.7 Å². The summed E-state index contributed by atoms with van der Waals surface area (Å²) in [6, 6.07) is 17.2. The van der Waals surface area contributed by atoms with Gasteiger partial charge >= 0.3 is 0 Å². The molecule has 0 heterocycles. The smallest absolute Gasteiger partial charge is 0.189 e. The van der Waals surface area contributed by atoms with Crippen molar-refractivity contribution in [2.75, 3.05) is 0 Å². The summed E-state index contributed by atoms with van der Waals surface area (Å²) >= 11 is 0. The Bertz CT molecular complexity index is 756. The molecule has 0 spiro atoms. The van der Waals surface area contributed by atoms with E-state index in [1.165, 1.54) is 0 Å². The molecule has 0 aromatic heterocycles. The maximum absolute atomic E-state index is 12.5. The van der Waals surface area contributed by atoms with Gasteiger partial charge in [0.15, 0.2) is 5.78 Å². The highest BCUT2D eigenvalue weighted by molar-refractivity contribution is 6.28. The number of rotatable bonds is 1. The Labute approximate surface area is 118 Å². The van der Waals surface area contributed by atoms with Crippen molar-refractivity contribution in [3.05, 3.63) is 76.4 Å². The second-order valence-corrected chi connectivity index (χ2v) is 4.98. The summed E-state index contributed by atoms with van der Waals surface area (Å²) < 4.78 is 0. The topological polar surface area (TPSA) is 40.9 Å². The number of carbonyl (C=O) groups excluding carboxylic acids is 1. The number of hydrogen-bond donors (Lipinski definition) is 0. The van der Waals surface area contributed by atoms with Crippen molar-refractivity contribution in [2.45, 2.75) is 5.82 Å². The number of ketones is 1. The highest BCUT2D eigenvalue weighted by Crippen LogP contribution is 2.36. The molecular weight excluding hydrogens is 245 g/mol. The molecular formula is C17H12BNO. The minimum Gasteiger partial charge on any atom is -0.289 e. The molecule has 3 heteroatoms. The highest BCUT2D eigenvalue weighted by atomic mass is 16.1. The van der Waals surface area contributed by atoms with Gasteiger partial charge in [0.2, 0.25) is 0 Å². The molecule has 2 nitrogen and oxygen atoms in total. The molecule has 0 amide bonds. The van der Waals surface area contributed by atoms with Gasteiger partial charge in [0, 0.05) is 11.1 Å². The number of allylic oxidation sites excluding steroid dienone is 1. The normalized spacial score (nSPS) is 18.9. The average molecular weight is 257 g/mol. The summed E-state index contributed by atoms with van der Waals surface area (Å²) in [5, 5.41) is 8.97. The van der Waals surface area contributed by atoms with E-state index in [0.29, 0.717) is 5.56 Å². The number of fused-ring (bicyclic) bond motifs is 1. The third-order valence-electron chi connectivity index (χ3n) is 3.74. The lowest BCUT2D eigenvalue weighted by Gasteiger charge is -2.05. The first kappa shape index (κ1) is 12.4. The minimum atomic E-state index is 0.0333. The van der Waals surface area contributed by atoms with Crippen LogP contribution in [0.1, 0.15) is 32.9 Å². The second-order valence-electron chi connectivity index (χ2n) is 4.98. The number of hydrogen-bond acceptors (Lipinski definition) is 2. The van der Waals surface area contributed by atoms with E-state index in [2.05, 4.69) is 6.07 Å². The van der Waals surface area contributed by atoms with Gasteiger partial charge in [-0.25, -0.2) is 0 Å². The van der Waals surface area contributed by atoms with Gasteiger partial charge in [-0.3, -0.25) is 4.79 Å². The fourth-order valence-corrected chi connectivity index (χ4v) is 2.64. The van der Waals surface area contributed by atoms with E-state index in [-0.39, 0.29) is 11.6 Å². The minimum absolute atomic E-state index is 0.0333. The number of Topliss-reactive ketones (excluding diaryl/α,β-unsaturated/α-hetero) is 1. The first-order valence-electron chi connectivity index (χ1n) is 6.56. The molecule has 0 fully saturated rings. The van der Waals surface area contributed by atoms with Crippen molar-refractivity contribution in [1.82, 2.24) is 0 Å². The molecule has 94 valence electrons. The number of nitriles is 1. The fraction of sp³-hybridized carbons (Fsp3) is 0.0588. The maximum atomic E-state index is 12.5. The molecule has 0 radical (unpaired) electrons. The largest absolute Gasteiger partial charge is 0.289 e. The van der Waals surface area contributed by atoms with Crippen LogP contribution >= 0.6 is 0 Å². The molecule has 2 aromatic rings. The SMILES string of the molecule is BC1/C(=C\c2ccccc2)C(=O)c2ccc(C#N)cc21. The van der Waals surface area contributed by atoms with E-state index in [9.17, 15) is 4.79 Å². The molecule has 1 unspecified atom stereocenters. The summed E-state index contributed by atoms with van der Waals surface area (Å²) in [4.78, 5) is 12.5. The van der Waals surface area contributed by atoms with E-state index in [1.807, 2.05) is 50.3 Å². The van der Waals surface area contributed by atoms with Gasteiger partial charge in [0.05, 0.1) is 11.6 Å². The van der Waals surface area contributed by atoms with Gasteiger partial charge in [-0.15, -0.1) is 0 Å². The van der Waals surface area contributed by atoms with Crippen LogP contribution in [-0.2, 0) is 0 Å². The number of carbonyl (C=O) groups is 1. The van der Waals surface area contributed by atoms with Crippen LogP contribution in [0.5, 0.6) is 0 Å². The first-order valence-corrected chi connectivity index (χ1v) is 6.56. The van der Waals surface area contributed by atoms with Crippen molar-refractivity contribution in [3.63, 3.8) is 0 Å². The van der Waals surface area contributed by atoms with E-state index in [0.717, 1.165) is 22.3 Å². The molecule has 20 heavy (non-hydrogen) atoms. The quantitative estimate of drug-likeness (QED) is 0.581. The van der Waals surface area contributed by atoms with Gasteiger partial charge in [-0.05, 0) is 41.2 Å². The molecule has 0 saturated carbocycles. The van der Waals surface area contributed by atoms with Crippen molar-refractivity contribution < 1.29 is 4.79 Å². The average Bonchev–Trinajstić information content (AvgIpc) is 2.73. The van der Waals surface area contributed by atoms with E-state index >= 15 is 0 Å². The molecule has 0 N–H and O–H groups in total. The van der Waals surface area contributed by atoms with Crippen LogP contribution in [0.4, 0.5) is 0 Å². The zero-order valence-corrected chi connectivity index (χ0v) is 11.1. The van der Waals surface area contributed by atoms with Crippen LogP contribution in [0.2, 0.25) is 0 Å². The molecule has 1 atom stereocenters. The third-order valence-corrected chi connectivity index (χ3v) is 3.74. The molecule has 0 bridgehead atoms. The zero-order valence-electron chi connectivity index (χ0n) is 11.1. The van der Waals surface area contributed by atoms with Gasteiger partial charge in [0.1, 0.15) is 7.85 Å². The molecule has 2 aromatic carbocycles. The number of benzene rings is 2. The fourth-order valence-electron chi connectivity index (χ4n) is 2.64. The first-order chi connectivity index (χ1) is 9.70. The van der Waals surface area contributed by atoms with Crippen LogP contribution in [0, 0.1) is 11.3 Å². The lowest BCUT2D eigenvalue weighted by atomic mass is 9.78. The maximum Gasteiger partial charge on any atom is 0.189 e. The van der Waals surface area contributed by atoms with Crippen molar-refractivity contribution in [3.8, 4) is 6.07 Å². The summed E-state index contributed by atoms with van der Waals surface area (Å²) in [6.45, 7) is 0. The Morgan fingerprint density at radius 1 is 1.15 bits per heavy atom. The third kappa shape index (κ3) is 1.96. The monoisotopic (exact) mass is 257 g/mol. The predicted molar refractivity (Wildman–Crippen MR) is 81.2 cm³/mol. The van der Waals surface area contributed by atoms with Crippen LogP contribution in [-0.4, -0.2) is 13.6 Å². The molecule has 1 aliphatic carbocycles. The summed E-state index contributed by atoms with van der Waals surface area (Å²) in [6.07, 6.45) is 1.94. The van der Waals surface area contributed by atoms with Crippen LogP contribution in [0.25, 0.3) is 6.08 Å². The summed E-state index contributed by atoms with van der Waals surface area (Å²) in [5.41, 5.74) is 4.09. The summed E-state index contributed by atoms with van der Waals surface area (Å²) in [7, 11) is 2.01. The van der Waals surface area contributed by atoms with Crippen molar-refractivity contribution in [2.24, 2.45) is 0 Å². The molecule has 1 aliphatic rings. The zero-order chi connectivity index (χ0) is 14.1. The van der Waals surface area contributed by atoms with Crippen LogP contribution < -0.4 is 0 Å². The Kier molecular flexibility index (Phi) is 3.00. The van der Waals surface area contributed by atoms with Gasteiger partial charge < -0.3 is 0 Å². The lowest BCUT2D eigenvalue weighted by Crippen LogP contribution is -1.99. The Hall–Kier alpha value is -2.60. The van der Waals surface area contributed by atoms with Gasteiger partial charge in [-0.2, -0.15) is 5.26 Å². The summed E-state index contributed by atoms with van der Waals surface area (Å²) in [5.74, 6) is 0.104. The Balaban J connectivity index is 2.08. The van der Waals surface area contributed by atoms with Crippen LogP contribution in [0.15, 0.2) is 54.1 Å². The molecule has 0 saturated heterocycles. The van der Waals surface area contributed by atoms with Crippen LogP contribution in [0.3, 0.4) is 0 Å². The van der Waals surface area contributed by atoms with Crippen molar-refractivity contribution in [1.29, 1.82) is 5.26 Å². The second kappa shape index (κ2) is 4.83. The Morgan fingerprint density at radius 3 is 2.60 bits per heavy atom. The van der Waals surface area contributed by atoms with E-state index in [1.54, 1.807) is 12.1 Å². The standard InChI is InChI=1S/C17H12BNO/c18-16-14-9-12(10-19)6-7-13(14)17(20)15(16)8-11-4-2-1-3-5-11/h1-9,16H,18H2/b15-8+.